The highest BCUT2D eigenvalue weighted by Crippen LogP contribution is 2.39. The third-order valence-corrected chi connectivity index (χ3v) is 15.0. The maximum Gasteiger partial charge on any atom is 0.410 e. The fraction of sp³-hybridized carbons (Fsp3) is 0.288. The van der Waals surface area contributed by atoms with Crippen LogP contribution >= 0.6 is 0 Å². The predicted molar refractivity (Wildman–Crippen MR) is 358 cm³/mol. The molecule has 5 N–H and O–H groups in total. The molecule has 0 radical (unpaired) electrons. The van der Waals surface area contributed by atoms with Gasteiger partial charge >= 0.3 is 17.9 Å². The number of para-hydroxylation sites is 4. The van der Waals surface area contributed by atoms with Crippen molar-refractivity contribution in [1.29, 1.82) is 0 Å². The van der Waals surface area contributed by atoms with Crippen LogP contribution in [0.3, 0.4) is 0 Å². The lowest BCUT2D eigenvalue weighted by Crippen LogP contribution is -2.42. The first kappa shape index (κ1) is 67.3. The number of nitrogens with one attached hydrogen (secondary N) is 1. The number of amides is 3. The minimum atomic E-state index is -0.644. The number of piperidine rings is 2. The number of nitrogens with two attached hydrogens (primary N) is 2. The van der Waals surface area contributed by atoms with Crippen LogP contribution < -0.4 is 32.2 Å². The van der Waals surface area contributed by atoms with Crippen LogP contribution in [0.5, 0.6) is 11.5 Å². The number of rotatable bonds is 13. The van der Waals surface area contributed by atoms with Gasteiger partial charge in [0.05, 0.1) is 33.7 Å². The van der Waals surface area contributed by atoms with E-state index in [2.05, 4.69) is 15.0 Å². The van der Waals surface area contributed by atoms with Crippen molar-refractivity contribution >= 4 is 46.7 Å². The summed E-state index contributed by atoms with van der Waals surface area (Å²) in [5, 5.41) is 0.320. The summed E-state index contributed by atoms with van der Waals surface area (Å²) in [6.45, 7) is 13.7. The number of fused-ring (bicyclic) bond motifs is 1. The molecule has 0 bridgehead atoms. The molecule has 476 valence electrons. The number of hydrogen-bond acceptors (Lipinski definition) is 14. The topological polar surface area (TPSA) is 257 Å². The van der Waals surface area contributed by atoms with Crippen molar-refractivity contribution in [3.8, 4) is 39.7 Å². The van der Waals surface area contributed by atoms with Gasteiger partial charge in [-0.1, -0.05) is 129 Å². The van der Waals surface area contributed by atoms with E-state index < -0.39 is 28.4 Å². The highest BCUT2D eigenvalue weighted by atomic mass is 16.6. The fourth-order valence-electron chi connectivity index (χ4n) is 10.9. The maximum absolute atomic E-state index is 14.2. The van der Waals surface area contributed by atoms with Crippen LogP contribution in [0.25, 0.3) is 39.2 Å². The molecule has 2 atom stereocenters. The Labute approximate surface area is 535 Å². The van der Waals surface area contributed by atoms with Crippen molar-refractivity contribution in [1.82, 2.24) is 29.3 Å². The van der Waals surface area contributed by atoms with Crippen LogP contribution in [0, 0.1) is 0 Å². The Morgan fingerprint density at radius 3 is 1.52 bits per heavy atom. The second kappa shape index (κ2) is 30.7. The van der Waals surface area contributed by atoms with Crippen LogP contribution in [0.15, 0.2) is 197 Å². The molecular formula is C73H79N9O10. The zero-order valence-corrected chi connectivity index (χ0v) is 52.0. The van der Waals surface area contributed by atoms with Gasteiger partial charge in [-0.25, -0.2) is 33.7 Å². The predicted octanol–water partition coefficient (Wildman–Crippen LogP) is 13.8. The number of ether oxygens (including phenoxy) is 4. The molecular weight excluding hydrogens is 1160 g/mol. The second-order valence-corrected chi connectivity index (χ2v) is 24.1. The Kier molecular flexibility index (Phi) is 22.5. The molecule has 6 aromatic carbocycles. The normalized spacial score (nSPS) is 14.5. The van der Waals surface area contributed by atoms with Gasteiger partial charge in [0.2, 0.25) is 6.08 Å². The standard InChI is InChI=1S/C36H36N4O5.C29H34N4O4.C7H5NO.CH4/c1-36(2,3)45-35(43)39-20-12-15-25(22-39)28-21-29(27-18-10-11-19-30(27)44-23-24-13-6-4-7-14-24)37-32-31(28)33(41)40(34(42)38-32)26-16-8-5-9-17-26;1-29(2,3)37-28(35)33-15-9-12-20(17-33)22-16-23(32-26(30)25(22)27(31)34)21-13-7-8-14-24(21)36-18-19-10-5-4-6-11-19;9-6-8-7-4-2-1-3-5-7;/h4-11,13-14,16-19,21,25H,12,15,20,22-23H2,1-3H3,(H,37,38,42);4-8,10-11,13-14,16,20H,9,12,15,17-18H2,1-3H3,(H2,30,32)(H2,31,34);1-5H;1H4. The summed E-state index contributed by atoms with van der Waals surface area (Å²) in [4.78, 5) is 94.5. The molecule has 2 aliphatic heterocycles. The van der Waals surface area contributed by atoms with E-state index in [0.29, 0.717) is 90.2 Å². The third kappa shape index (κ3) is 17.6. The highest BCUT2D eigenvalue weighted by molar-refractivity contribution is 5.99. The Balaban J connectivity index is 0.000000209. The number of isocyanates is 1. The number of H-pyrrole nitrogens is 1. The average Bonchev–Trinajstić information content (AvgIpc) is 0.840. The lowest BCUT2D eigenvalue weighted by atomic mass is 9.86. The summed E-state index contributed by atoms with van der Waals surface area (Å²) in [5.74, 6) is 0.343. The maximum atomic E-state index is 14.2. The second-order valence-electron chi connectivity index (χ2n) is 24.1. The monoisotopic (exact) mass is 1240 g/mol. The number of anilines is 1. The summed E-state index contributed by atoms with van der Waals surface area (Å²) in [7, 11) is 0. The number of benzene rings is 6. The van der Waals surface area contributed by atoms with Crippen LogP contribution in [-0.4, -0.2) is 90.9 Å². The van der Waals surface area contributed by atoms with Crippen LogP contribution in [0.2, 0.25) is 0 Å². The van der Waals surface area contributed by atoms with E-state index in [-0.39, 0.29) is 48.5 Å². The lowest BCUT2D eigenvalue weighted by Gasteiger charge is -2.35. The first-order valence-corrected chi connectivity index (χ1v) is 30.2. The van der Waals surface area contributed by atoms with Crippen molar-refractivity contribution in [2.75, 3.05) is 31.9 Å². The SMILES string of the molecule is C.CC(C)(C)OC(=O)N1CCCC(c2cc(-c3ccccc3OCc3ccccc3)nc(N)c2C(N)=O)C1.CC(C)(C)OC(=O)N1CCCC(c2cc(-c3ccccc3OCc3ccccc3)nc3[nH]c(=O)n(-c4ccccc4)c(=O)c23)C1.O=C=Nc1ccccc1. The molecule has 19 nitrogen and oxygen atoms in total. The Hall–Kier alpha value is -10.7. The fourth-order valence-corrected chi connectivity index (χ4v) is 10.9. The number of hydrogen-bond donors (Lipinski definition) is 3. The van der Waals surface area contributed by atoms with E-state index in [1.165, 1.54) is 6.08 Å². The van der Waals surface area contributed by atoms with Gasteiger partial charge in [0, 0.05) is 49.1 Å². The Morgan fingerprint density at radius 2 is 1.04 bits per heavy atom. The summed E-state index contributed by atoms with van der Waals surface area (Å²) in [6, 6.07) is 56.5. The summed E-state index contributed by atoms with van der Waals surface area (Å²) >= 11 is 0. The quantitative estimate of drug-likeness (QED) is 0.0718. The number of pyridine rings is 2. The lowest BCUT2D eigenvalue weighted by molar-refractivity contribution is 0.0188. The molecule has 5 heterocycles. The minimum Gasteiger partial charge on any atom is -0.488 e. The van der Waals surface area contributed by atoms with Crippen molar-refractivity contribution in [3.63, 3.8) is 0 Å². The number of nitrogens with zero attached hydrogens (tertiary/aromatic N) is 6. The van der Waals surface area contributed by atoms with Gasteiger partial charge in [-0.15, -0.1) is 0 Å². The van der Waals surface area contributed by atoms with E-state index >= 15 is 0 Å². The molecule has 11 rings (SSSR count). The largest absolute Gasteiger partial charge is 0.488 e. The first-order chi connectivity index (χ1) is 43.7. The minimum absolute atomic E-state index is 0. The smallest absolute Gasteiger partial charge is 0.410 e. The van der Waals surface area contributed by atoms with E-state index in [1.807, 2.05) is 187 Å². The number of likely N-dealkylation sites (tertiary alicyclic amines) is 2. The van der Waals surface area contributed by atoms with Gasteiger partial charge in [-0.3, -0.25) is 14.6 Å². The Bertz CT molecular complexity index is 4160. The zero-order chi connectivity index (χ0) is 64.7. The number of carbonyl (C=O) groups is 3. The molecule has 0 saturated carbocycles. The van der Waals surface area contributed by atoms with E-state index in [9.17, 15) is 28.8 Å². The van der Waals surface area contributed by atoms with Gasteiger partial charge in [0.1, 0.15) is 47.4 Å². The van der Waals surface area contributed by atoms with Crippen LogP contribution in [0.4, 0.5) is 21.1 Å². The van der Waals surface area contributed by atoms with Crippen molar-refractivity contribution in [2.45, 2.75) is 111 Å². The number of aromatic nitrogens is 4. The summed E-state index contributed by atoms with van der Waals surface area (Å²) < 4.78 is 24.8. The van der Waals surface area contributed by atoms with E-state index in [4.69, 9.17) is 35.4 Å². The molecule has 2 unspecified atom stereocenters. The number of primary amides is 1. The molecule has 92 heavy (non-hydrogen) atoms. The summed E-state index contributed by atoms with van der Waals surface area (Å²) in [6.07, 6.45) is 3.70. The van der Waals surface area contributed by atoms with Crippen molar-refractivity contribution < 1.29 is 38.1 Å². The van der Waals surface area contributed by atoms with E-state index in [0.717, 1.165) is 52.5 Å². The molecule has 3 aromatic heterocycles. The molecule has 2 saturated heterocycles. The van der Waals surface area contributed by atoms with Crippen molar-refractivity contribution in [3.05, 3.63) is 231 Å². The van der Waals surface area contributed by atoms with Gasteiger partial charge < -0.3 is 40.2 Å². The molecule has 2 fully saturated rings. The number of aliphatic imine (C=N–C) groups is 1. The molecule has 9 aromatic rings. The van der Waals surface area contributed by atoms with Gasteiger partial charge in [-0.2, -0.15) is 4.99 Å². The van der Waals surface area contributed by atoms with Crippen LogP contribution in [0.1, 0.15) is 119 Å². The molecule has 2 aliphatic rings. The zero-order valence-electron chi connectivity index (χ0n) is 52.0. The third-order valence-electron chi connectivity index (χ3n) is 15.0. The number of aromatic amines is 1. The summed E-state index contributed by atoms with van der Waals surface area (Å²) in [5.41, 5.74) is 17.3. The average molecular weight is 1240 g/mol. The number of carbonyl (C=O) groups excluding carboxylic acids is 4. The Morgan fingerprint density at radius 1 is 0.609 bits per heavy atom. The number of nitrogen functional groups attached to an aromatic ring is 1. The first-order valence-electron chi connectivity index (χ1n) is 30.2. The molecule has 0 aliphatic carbocycles. The molecule has 3 amide bonds. The molecule has 19 heteroatoms. The van der Waals surface area contributed by atoms with Gasteiger partial charge in [0.15, 0.2) is 0 Å². The highest BCUT2D eigenvalue weighted by Gasteiger charge is 2.34. The molecule has 0 spiro atoms. The van der Waals surface area contributed by atoms with Gasteiger partial charge in [-0.05, 0) is 150 Å². The van der Waals surface area contributed by atoms with Crippen molar-refractivity contribution in [2.24, 2.45) is 10.7 Å². The van der Waals surface area contributed by atoms with E-state index in [1.54, 1.807) is 46.2 Å². The van der Waals surface area contributed by atoms with Gasteiger partial charge in [0.25, 0.3) is 11.5 Å². The van der Waals surface area contributed by atoms with Crippen LogP contribution in [-0.2, 0) is 27.5 Å².